The van der Waals surface area contributed by atoms with E-state index < -0.39 is 18.4 Å². The lowest BCUT2D eigenvalue weighted by atomic mass is 9.87. The molecule has 0 saturated heterocycles. The molecule has 0 unspecified atom stereocenters. The molecule has 0 saturated carbocycles. The minimum Gasteiger partial charge on any atom is -0.496 e. The molecular formula is C53H50O13S2. The van der Waals surface area contributed by atoms with Crippen LogP contribution in [0.4, 0.5) is 0 Å². The number of carbonyl (C=O) groups excluding carboxylic acids is 1. The average molecular weight is 959 g/mol. The number of rotatable bonds is 21. The van der Waals surface area contributed by atoms with Crippen molar-refractivity contribution in [1.29, 1.82) is 0 Å². The monoisotopic (exact) mass is 958 g/mol. The molecule has 13 nitrogen and oxygen atoms in total. The average Bonchev–Trinajstić information content (AvgIpc) is 4.07. The molecule has 0 spiro atoms. The van der Waals surface area contributed by atoms with Gasteiger partial charge in [0.1, 0.15) is 11.5 Å². The van der Waals surface area contributed by atoms with E-state index in [2.05, 4.69) is 24.3 Å². The van der Waals surface area contributed by atoms with E-state index in [9.17, 15) is 9.90 Å². The Labute approximate surface area is 402 Å². The molecule has 0 atom stereocenters. The van der Waals surface area contributed by atoms with Crippen LogP contribution in [0, 0.1) is 0 Å². The Hall–Kier alpha value is -7.62. The number of hydrogen-bond acceptors (Lipinski definition) is 14. The lowest BCUT2D eigenvalue weighted by Crippen LogP contribution is -2.12. The first-order valence-corrected chi connectivity index (χ1v) is 22.6. The molecule has 7 aromatic rings. The molecule has 0 aliphatic heterocycles. The van der Waals surface area contributed by atoms with Gasteiger partial charge in [0, 0.05) is 37.2 Å². The second kappa shape index (κ2) is 21.8. The maximum Gasteiger partial charge on any atom is 0.341 e. The molecule has 0 aliphatic carbocycles. The molecule has 2 heterocycles. The first-order chi connectivity index (χ1) is 33.0. The fourth-order valence-corrected chi connectivity index (χ4v) is 9.65. The van der Waals surface area contributed by atoms with E-state index >= 15 is 4.79 Å². The van der Waals surface area contributed by atoms with Crippen molar-refractivity contribution in [2.45, 2.75) is 6.42 Å². The van der Waals surface area contributed by atoms with Crippen molar-refractivity contribution < 1.29 is 62.1 Å². The van der Waals surface area contributed by atoms with E-state index in [1.165, 1.54) is 67.2 Å². The summed E-state index contributed by atoms with van der Waals surface area (Å²) >= 11 is 3.05. The summed E-state index contributed by atoms with van der Waals surface area (Å²) in [7, 11) is 13.7. The summed E-state index contributed by atoms with van der Waals surface area (Å²) in [4.78, 5) is 29.3. The van der Waals surface area contributed by atoms with Gasteiger partial charge in [-0.15, -0.1) is 22.7 Å². The van der Waals surface area contributed by atoms with Crippen LogP contribution in [0.15, 0.2) is 108 Å². The normalized spacial score (nSPS) is 11.5. The number of Topliss-reactive ketones (excluding diaryl/α,β-unsaturated/α-hetero) is 1. The first-order valence-electron chi connectivity index (χ1n) is 20.9. The smallest absolute Gasteiger partial charge is 0.341 e. The molecule has 0 amide bonds. The van der Waals surface area contributed by atoms with Gasteiger partial charge in [0.2, 0.25) is 11.5 Å². The quantitative estimate of drug-likeness (QED) is 0.0414. The number of ketones is 1. The van der Waals surface area contributed by atoms with Crippen LogP contribution in [-0.2, 0) is 11.2 Å². The number of allylic oxidation sites excluding steroid dienone is 3. The van der Waals surface area contributed by atoms with Gasteiger partial charge in [0.15, 0.2) is 46.9 Å². The fraction of sp³-hybridized carbons (Fsp3) is 0.208. The highest BCUT2D eigenvalue weighted by atomic mass is 32.1. The molecule has 0 fully saturated rings. The number of thiophene rings is 2. The number of fused-ring (bicyclic) bond motifs is 1. The van der Waals surface area contributed by atoms with Crippen LogP contribution in [0.5, 0.6) is 57.5 Å². The number of aliphatic carboxylic acids is 1. The Morgan fingerprint density at radius 1 is 0.574 bits per heavy atom. The zero-order valence-corrected chi connectivity index (χ0v) is 40.6. The molecule has 0 bridgehead atoms. The predicted octanol–water partition coefficient (Wildman–Crippen LogP) is 11.4. The van der Waals surface area contributed by atoms with Crippen molar-refractivity contribution in [3.63, 3.8) is 0 Å². The minimum atomic E-state index is -1.16. The molecular weight excluding hydrogens is 909 g/mol. The zero-order chi connectivity index (χ0) is 48.5. The highest BCUT2D eigenvalue weighted by Crippen LogP contribution is 2.47. The van der Waals surface area contributed by atoms with E-state index in [1.54, 1.807) is 62.0 Å². The third-order valence-corrected chi connectivity index (χ3v) is 13.0. The Morgan fingerprint density at radius 3 is 1.74 bits per heavy atom. The molecule has 2 aromatic heterocycles. The van der Waals surface area contributed by atoms with Gasteiger partial charge >= 0.3 is 5.97 Å². The van der Waals surface area contributed by atoms with Crippen LogP contribution in [0.3, 0.4) is 0 Å². The van der Waals surface area contributed by atoms with Crippen molar-refractivity contribution >= 4 is 56.2 Å². The lowest BCUT2D eigenvalue weighted by Gasteiger charge is -2.20. The Bertz CT molecular complexity index is 2940. The maximum atomic E-state index is 15.9. The molecule has 0 aliphatic rings. The highest BCUT2D eigenvalue weighted by Gasteiger charge is 2.28. The number of carbonyl (C=O) groups is 2. The van der Waals surface area contributed by atoms with Crippen molar-refractivity contribution in [3.05, 3.63) is 130 Å². The number of benzene rings is 5. The minimum absolute atomic E-state index is 0.142. The molecule has 1 N–H and O–H groups in total. The third kappa shape index (κ3) is 10.0. The highest BCUT2D eigenvalue weighted by molar-refractivity contribution is 7.22. The van der Waals surface area contributed by atoms with Gasteiger partial charge in [0.25, 0.3) is 0 Å². The second-order valence-electron chi connectivity index (χ2n) is 14.8. The van der Waals surface area contributed by atoms with Gasteiger partial charge in [-0.1, -0.05) is 30.3 Å². The van der Waals surface area contributed by atoms with Gasteiger partial charge in [-0.3, -0.25) is 4.79 Å². The van der Waals surface area contributed by atoms with Crippen molar-refractivity contribution in [2.24, 2.45) is 0 Å². The summed E-state index contributed by atoms with van der Waals surface area (Å²) < 4.78 is 59.4. The predicted molar refractivity (Wildman–Crippen MR) is 266 cm³/mol. The molecule has 7 rings (SSSR count). The largest absolute Gasteiger partial charge is 0.496 e. The summed E-state index contributed by atoms with van der Waals surface area (Å²) in [6.45, 7) is -0.615. The number of carboxylic acid groups (broad SMARTS) is 1. The Morgan fingerprint density at radius 2 is 1.18 bits per heavy atom. The second-order valence-corrected chi connectivity index (χ2v) is 16.8. The van der Waals surface area contributed by atoms with Crippen LogP contribution < -0.4 is 47.4 Å². The van der Waals surface area contributed by atoms with E-state index in [-0.39, 0.29) is 29.1 Å². The van der Waals surface area contributed by atoms with Crippen LogP contribution in [0.2, 0.25) is 0 Å². The van der Waals surface area contributed by atoms with Gasteiger partial charge < -0.3 is 52.5 Å². The van der Waals surface area contributed by atoms with E-state index in [0.29, 0.717) is 68.3 Å². The summed E-state index contributed by atoms with van der Waals surface area (Å²) in [6.07, 6.45) is 3.97. The summed E-state index contributed by atoms with van der Waals surface area (Å²) in [5, 5.41) is 12.5. The van der Waals surface area contributed by atoms with Gasteiger partial charge in [-0.2, -0.15) is 0 Å². The van der Waals surface area contributed by atoms with E-state index in [1.807, 2.05) is 41.8 Å². The molecule has 352 valence electrons. The maximum absolute atomic E-state index is 15.9. The number of carboxylic acids is 1. The van der Waals surface area contributed by atoms with Gasteiger partial charge in [-0.25, -0.2) is 4.79 Å². The lowest BCUT2D eigenvalue weighted by molar-refractivity contribution is -0.139. The van der Waals surface area contributed by atoms with Gasteiger partial charge in [0.05, 0.1) is 69.6 Å². The standard InChI is InChI=1S/C53H50O13S2/c1-57-39-28-40(66-29-49(54)55)36(47-15-12-18-67-47)27-37(39)50(56)35(20-31-22-42(59-3)52(64-8)43(23-31)60-4)34(33-24-44(61-5)53(65-9)45(25-33)62-6)17-16-30-19-38(51(63-7)41(21-30)58-2)48-26-32-13-10-11-14-46(32)68-48/h10-15,17-28H,16,29H2,1-9H3,(H,54,55). The topological polar surface area (TPSA) is 147 Å². The third-order valence-electron chi connectivity index (χ3n) is 11.0. The Balaban J connectivity index is 1.53. The van der Waals surface area contributed by atoms with Gasteiger partial charge in [-0.05, 0) is 106 Å². The van der Waals surface area contributed by atoms with Crippen molar-refractivity contribution in [2.75, 3.05) is 70.6 Å². The molecule has 15 heteroatoms. The summed E-state index contributed by atoms with van der Waals surface area (Å²) in [6, 6.07) is 28.2. The van der Waals surface area contributed by atoms with Crippen LogP contribution in [0.25, 0.3) is 42.6 Å². The van der Waals surface area contributed by atoms with E-state index in [4.69, 9.17) is 47.4 Å². The Kier molecular flexibility index (Phi) is 15.5. The number of methoxy groups -OCH3 is 9. The number of hydrogen-bond donors (Lipinski definition) is 1. The number of ether oxygens (including phenoxy) is 10. The summed E-state index contributed by atoms with van der Waals surface area (Å²) in [5.74, 6) is 1.99. The van der Waals surface area contributed by atoms with E-state index in [0.717, 1.165) is 31.0 Å². The SMILES string of the molecule is COc1cc(OCC(=O)O)c(-c2cccs2)cc1C(=O)C(=Cc1cc(OC)c(OC)c(OC)c1)C(=CCc1cc(OC)c(OC)c(-c2cc3ccccc3s2)c1)c1cc(OC)c(OC)c(OC)c1. The van der Waals surface area contributed by atoms with Crippen LogP contribution in [0.1, 0.15) is 27.0 Å². The van der Waals surface area contributed by atoms with Crippen LogP contribution >= 0.6 is 22.7 Å². The zero-order valence-electron chi connectivity index (χ0n) is 39.0. The molecule has 0 radical (unpaired) electrons. The van der Waals surface area contributed by atoms with Crippen molar-refractivity contribution in [3.8, 4) is 78.4 Å². The summed E-state index contributed by atoms with van der Waals surface area (Å²) in [5.41, 5.74) is 4.07. The molecule has 5 aromatic carbocycles. The molecule has 68 heavy (non-hydrogen) atoms. The first kappa shape index (κ1) is 48.3. The fourth-order valence-electron chi connectivity index (χ4n) is 7.83. The van der Waals surface area contributed by atoms with Crippen molar-refractivity contribution in [1.82, 2.24) is 0 Å². The van der Waals surface area contributed by atoms with Crippen LogP contribution in [-0.4, -0.2) is 87.5 Å².